The van der Waals surface area contributed by atoms with Crippen LogP contribution in [-0.2, 0) is 9.59 Å². The number of urea groups is 1. The number of imide groups is 2. The minimum absolute atomic E-state index is 0.123. The summed E-state index contributed by atoms with van der Waals surface area (Å²) in [4.78, 5) is 37.5. The molecule has 0 aromatic heterocycles. The molecule has 5 nitrogen and oxygen atoms in total. The largest absolute Gasteiger partial charge is 0.335 e. The maximum absolute atomic E-state index is 12.6. The smallest absolute Gasteiger partial charge is 0.273 e. The summed E-state index contributed by atoms with van der Waals surface area (Å²) in [6, 6.07) is 14.8. The van der Waals surface area contributed by atoms with E-state index in [1.807, 2.05) is 30.3 Å². The Hall–Kier alpha value is -3.18. The van der Waals surface area contributed by atoms with Crippen molar-refractivity contribution in [2.45, 2.75) is 0 Å². The number of amides is 4. The number of benzene rings is 2. The van der Waals surface area contributed by atoms with Gasteiger partial charge in [0, 0.05) is 5.02 Å². The molecule has 25 heavy (non-hydrogen) atoms. The Labute approximate surface area is 149 Å². The number of halogens is 1. The summed E-state index contributed by atoms with van der Waals surface area (Å²) < 4.78 is 0. The highest BCUT2D eigenvalue weighted by molar-refractivity contribution is 6.37. The number of nitrogens with one attached hydrogen (secondary N) is 1. The van der Waals surface area contributed by atoms with Crippen molar-refractivity contribution in [3.05, 3.63) is 82.9 Å². The van der Waals surface area contributed by atoms with Crippen molar-refractivity contribution in [2.24, 2.45) is 0 Å². The molecule has 1 aliphatic rings. The van der Waals surface area contributed by atoms with Gasteiger partial charge in [-0.25, -0.2) is 9.69 Å². The van der Waals surface area contributed by atoms with Gasteiger partial charge in [-0.05, 0) is 35.9 Å². The van der Waals surface area contributed by atoms with Crippen LogP contribution in [0.25, 0.3) is 6.08 Å². The maximum Gasteiger partial charge on any atom is 0.335 e. The second kappa shape index (κ2) is 7.15. The van der Waals surface area contributed by atoms with E-state index in [2.05, 4.69) is 5.32 Å². The van der Waals surface area contributed by atoms with Gasteiger partial charge in [0.25, 0.3) is 11.8 Å². The van der Waals surface area contributed by atoms with Crippen LogP contribution in [0.1, 0.15) is 5.56 Å². The molecule has 4 amide bonds. The van der Waals surface area contributed by atoms with E-state index in [4.69, 9.17) is 11.6 Å². The van der Waals surface area contributed by atoms with Crippen molar-refractivity contribution in [1.29, 1.82) is 0 Å². The molecule has 6 heteroatoms. The lowest BCUT2D eigenvalue weighted by Crippen LogP contribution is -2.54. The first kappa shape index (κ1) is 16.7. The molecule has 0 saturated carbocycles. The van der Waals surface area contributed by atoms with Gasteiger partial charge in [-0.2, -0.15) is 0 Å². The molecule has 2 aromatic carbocycles. The Morgan fingerprint density at radius 1 is 0.920 bits per heavy atom. The minimum atomic E-state index is -0.790. The van der Waals surface area contributed by atoms with Crippen LogP contribution in [0.3, 0.4) is 0 Å². The van der Waals surface area contributed by atoms with Crippen LogP contribution in [-0.4, -0.2) is 17.8 Å². The topological polar surface area (TPSA) is 66.5 Å². The summed E-state index contributed by atoms with van der Waals surface area (Å²) in [5, 5.41) is 2.64. The number of carbonyl (C=O) groups is 3. The van der Waals surface area contributed by atoms with Gasteiger partial charge in [0.05, 0.1) is 5.69 Å². The molecule has 124 valence electrons. The molecule has 1 aliphatic heterocycles. The van der Waals surface area contributed by atoms with Gasteiger partial charge < -0.3 is 0 Å². The predicted molar refractivity (Wildman–Crippen MR) is 96.0 cm³/mol. The summed E-state index contributed by atoms with van der Waals surface area (Å²) in [6.45, 7) is 0. The van der Waals surface area contributed by atoms with E-state index in [1.54, 1.807) is 24.3 Å². The third-order valence-electron chi connectivity index (χ3n) is 3.54. The van der Waals surface area contributed by atoms with Crippen LogP contribution >= 0.6 is 11.6 Å². The molecule has 0 atom stereocenters. The third kappa shape index (κ3) is 3.67. The quantitative estimate of drug-likeness (QED) is 0.678. The molecule has 0 bridgehead atoms. The average molecular weight is 353 g/mol. The number of anilines is 1. The van der Waals surface area contributed by atoms with Crippen molar-refractivity contribution in [3.63, 3.8) is 0 Å². The fourth-order valence-electron chi connectivity index (χ4n) is 2.32. The monoisotopic (exact) mass is 352 g/mol. The lowest BCUT2D eigenvalue weighted by Gasteiger charge is -2.26. The van der Waals surface area contributed by atoms with Crippen LogP contribution in [0.5, 0.6) is 0 Å². The molecule has 1 N–H and O–H groups in total. The van der Waals surface area contributed by atoms with E-state index in [1.165, 1.54) is 18.2 Å². The van der Waals surface area contributed by atoms with Crippen molar-refractivity contribution in [2.75, 3.05) is 4.90 Å². The summed E-state index contributed by atoms with van der Waals surface area (Å²) in [6.07, 6.45) is 4.74. The summed E-state index contributed by atoms with van der Waals surface area (Å²) in [5.41, 5.74) is 1.13. The predicted octanol–water partition coefficient (Wildman–Crippen LogP) is 3.56. The van der Waals surface area contributed by atoms with E-state index >= 15 is 0 Å². The SMILES string of the molecule is O=C1NC(=O)N(c2ccc(Cl)cc2)C(=O)/C1=C\C=C\c1ccccc1. The Morgan fingerprint density at radius 2 is 1.60 bits per heavy atom. The maximum atomic E-state index is 12.6. The molecular weight excluding hydrogens is 340 g/mol. The number of rotatable bonds is 3. The molecular formula is C19H13ClN2O3. The van der Waals surface area contributed by atoms with Gasteiger partial charge >= 0.3 is 6.03 Å². The van der Waals surface area contributed by atoms with Gasteiger partial charge in [0.2, 0.25) is 0 Å². The number of hydrogen-bond donors (Lipinski definition) is 1. The number of barbiturate groups is 1. The second-order valence-electron chi connectivity index (χ2n) is 5.23. The Morgan fingerprint density at radius 3 is 2.28 bits per heavy atom. The normalized spacial score (nSPS) is 16.6. The minimum Gasteiger partial charge on any atom is -0.273 e. The summed E-state index contributed by atoms with van der Waals surface area (Å²) >= 11 is 5.82. The zero-order valence-electron chi connectivity index (χ0n) is 13.0. The van der Waals surface area contributed by atoms with Crippen LogP contribution < -0.4 is 10.2 Å². The Bertz CT molecular complexity index is 887. The number of hydrogen-bond acceptors (Lipinski definition) is 3. The molecule has 0 spiro atoms. The van der Waals surface area contributed by atoms with Gasteiger partial charge in [-0.15, -0.1) is 0 Å². The lowest BCUT2D eigenvalue weighted by molar-refractivity contribution is -0.122. The van der Waals surface area contributed by atoms with Crippen LogP contribution in [0.4, 0.5) is 10.5 Å². The lowest BCUT2D eigenvalue weighted by atomic mass is 10.1. The van der Waals surface area contributed by atoms with Gasteiger partial charge in [0.1, 0.15) is 5.57 Å². The zero-order valence-corrected chi connectivity index (χ0v) is 13.7. The van der Waals surface area contributed by atoms with Gasteiger partial charge in [-0.1, -0.05) is 54.1 Å². The molecule has 0 radical (unpaired) electrons. The van der Waals surface area contributed by atoms with E-state index in [-0.39, 0.29) is 5.57 Å². The van der Waals surface area contributed by atoms with Crippen molar-refractivity contribution < 1.29 is 14.4 Å². The van der Waals surface area contributed by atoms with Gasteiger partial charge in [-0.3, -0.25) is 14.9 Å². The molecule has 3 rings (SSSR count). The summed E-state index contributed by atoms with van der Waals surface area (Å²) in [5.74, 6) is -1.41. The summed E-state index contributed by atoms with van der Waals surface area (Å²) in [7, 11) is 0. The third-order valence-corrected chi connectivity index (χ3v) is 3.79. The number of allylic oxidation sites excluding steroid dienone is 2. The first-order chi connectivity index (χ1) is 12.1. The highest BCUT2D eigenvalue weighted by Gasteiger charge is 2.36. The highest BCUT2D eigenvalue weighted by Crippen LogP contribution is 2.22. The fourth-order valence-corrected chi connectivity index (χ4v) is 2.45. The Kier molecular flexibility index (Phi) is 4.77. The Balaban J connectivity index is 1.88. The first-order valence-corrected chi connectivity index (χ1v) is 7.83. The molecule has 0 aliphatic carbocycles. The molecule has 1 saturated heterocycles. The number of nitrogens with zero attached hydrogens (tertiary/aromatic N) is 1. The molecule has 1 fully saturated rings. The highest BCUT2D eigenvalue weighted by atomic mass is 35.5. The standard InChI is InChI=1S/C19H13ClN2O3/c20-14-9-11-15(12-10-14)22-18(24)16(17(23)21-19(22)25)8-4-7-13-5-2-1-3-6-13/h1-12H,(H,21,23,25)/b7-4+,16-8-. The molecule has 2 aromatic rings. The fraction of sp³-hybridized carbons (Fsp3) is 0. The van der Waals surface area contributed by atoms with E-state index in [0.717, 1.165) is 10.5 Å². The van der Waals surface area contributed by atoms with Gasteiger partial charge in [0.15, 0.2) is 0 Å². The molecule has 1 heterocycles. The molecule has 0 unspecified atom stereocenters. The van der Waals surface area contributed by atoms with Crippen molar-refractivity contribution in [3.8, 4) is 0 Å². The first-order valence-electron chi connectivity index (χ1n) is 7.45. The zero-order chi connectivity index (χ0) is 17.8. The van der Waals surface area contributed by atoms with Crippen molar-refractivity contribution in [1.82, 2.24) is 5.32 Å². The van der Waals surface area contributed by atoms with E-state index in [0.29, 0.717) is 10.7 Å². The van der Waals surface area contributed by atoms with E-state index < -0.39 is 17.8 Å². The van der Waals surface area contributed by atoms with Crippen molar-refractivity contribution >= 4 is 41.2 Å². The average Bonchev–Trinajstić information content (AvgIpc) is 2.60. The van der Waals surface area contributed by atoms with Crippen LogP contribution in [0, 0.1) is 0 Å². The second-order valence-corrected chi connectivity index (χ2v) is 5.66. The number of carbonyl (C=O) groups excluding carboxylic acids is 3. The van der Waals surface area contributed by atoms with Crippen LogP contribution in [0.15, 0.2) is 72.3 Å². The van der Waals surface area contributed by atoms with E-state index in [9.17, 15) is 14.4 Å². The van der Waals surface area contributed by atoms with Crippen LogP contribution in [0.2, 0.25) is 5.02 Å².